The fourth-order valence-corrected chi connectivity index (χ4v) is 1.43. The third-order valence-corrected chi connectivity index (χ3v) is 2.21. The van der Waals surface area contributed by atoms with Crippen LogP contribution in [0, 0.1) is 6.92 Å². The molecule has 0 saturated heterocycles. The number of hydrogen-bond acceptors (Lipinski definition) is 4. The van der Waals surface area contributed by atoms with Crippen LogP contribution in [0.15, 0.2) is 24.5 Å². The first-order chi connectivity index (χ1) is 7.16. The molecule has 0 aliphatic carbocycles. The Morgan fingerprint density at radius 2 is 2.07 bits per heavy atom. The number of pyridine rings is 1. The first kappa shape index (κ1) is 9.86. The smallest absolute Gasteiger partial charge is 0.0963 e. The number of aromatic nitrogens is 3. The maximum Gasteiger partial charge on any atom is 0.0963 e. The van der Waals surface area contributed by atoms with Gasteiger partial charge in [0.25, 0.3) is 0 Å². The van der Waals surface area contributed by atoms with Crippen molar-refractivity contribution in [2.75, 3.05) is 5.73 Å². The molecule has 4 nitrogen and oxygen atoms in total. The third-order valence-electron chi connectivity index (χ3n) is 2.01. The van der Waals surface area contributed by atoms with Gasteiger partial charge in [0.05, 0.1) is 28.8 Å². The zero-order chi connectivity index (χ0) is 10.8. The first-order valence-electron chi connectivity index (χ1n) is 4.37. The third kappa shape index (κ3) is 2.05. The lowest BCUT2D eigenvalue weighted by molar-refractivity contribution is 1.03. The summed E-state index contributed by atoms with van der Waals surface area (Å²) in [6, 6.07) is 3.54. The Bertz CT molecular complexity index is 499. The average Bonchev–Trinajstić information content (AvgIpc) is 2.22. The van der Waals surface area contributed by atoms with Crippen molar-refractivity contribution in [3.05, 3.63) is 35.2 Å². The van der Waals surface area contributed by atoms with Crippen LogP contribution in [0.4, 0.5) is 5.69 Å². The van der Waals surface area contributed by atoms with E-state index in [0.717, 1.165) is 11.3 Å². The molecular formula is C10H9ClN4. The summed E-state index contributed by atoms with van der Waals surface area (Å²) in [6.07, 6.45) is 3.09. The van der Waals surface area contributed by atoms with Crippen LogP contribution < -0.4 is 5.73 Å². The van der Waals surface area contributed by atoms with Gasteiger partial charge >= 0.3 is 0 Å². The number of halogens is 1. The minimum atomic E-state index is 0.543. The van der Waals surface area contributed by atoms with Crippen LogP contribution in [-0.2, 0) is 0 Å². The molecule has 2 N–H and O–H groups in total. The molecule has 2 heterocycles. The summed E-state index contributed by atoms with van der Waals surface area (Å²) in [6.45, 7) is 1.89. The number of aryl methyl sites for hydroxylation is 1. The summed E-state index contributed by atoms with van der Waals surface area (Å²) in [5.74, 6) is 0. The van der Waals surface area contributed by atoms with Crippen molar-refractivity contribution in [1.29, 1.82) is 0 Å². The second-order valence-electron chi connectivity index (χ2n) is 3.16. The van der Waals surface area contributed by atoms with Crippen LogP contribution in [0.1, 0.15) is 5.69 Å². The van der Waals surface area contributed by atoms with E-state index in [-0.39, 0.29) is 0 Å². The van der Waals surface area contributed by atoms with Gasteiger partial charge in [0, 0.05) is 11.3 Å². The SMILES string of the molecule is Cc1ncc(N)cc1-c1cc(Cl)cnn1. The molecule has 0 atom stereocenters. The number of nitrogens with two attached hydrogens (primary N) is 1. The lowest BCUT2D eigenvalue weighted by Crippen LogP contribution is -1.95. The molecule has 5 heteroatoms. The summed E-state index contributed by atoms with van der Waals surface area (Å²) < 4.78 is 0. The van der Waals surface area contributed by atoms with Crippen LogP contribution in [0.5, 0.6) is 0 Å². The molecular weight excluding hydrogens is 212 g/mol. The van der Waals surface area contributed by atoms with E-state index in [0.29, 0.717) is 16.4 Å². The van der Waals surface area contributed by atoms with Gasteiger partial charge in [-0.05, 0) is 19.1 Å². The number of rotatable bonds is 1. The van der Waals surface area contributed by atoms with E-state index >= 15 is 0 Å². The highest BCUT2D eigenvalue weighted by molar-refractivity contribution is 6.30. The minimum absolute atomic E-state index is 0.543. The van der Waals surface area contributed by atoms with E-state index in [2.05, 4.69) is 15.2 Å². The zero-order valence-electron chi connectivity index (χ0n) is 8.11. The molecule has 2 aromatic rings. The predicted octanol–water partition coefficient (Wildman–Crippen LogP) is 2.08. The molecule has 2 rings (SSSR count). The summed E-state index contributed by atoms with van der Waals surface area (Å²) in [7, 11) is 0. The largest absolute Gasteiger partial charge is 0.397 e. The van der Waals surface area contributed by atoms with Gasteiger partial charge in [0.2, 0.25) is 0 Å². The molecule has 76 valence electrons. The van der Waals surface area contributed by atoms with E-state index in [1.807, 2.05) is 13.0 Å². The van der Waals surface area contributed by atoms with Crippen LogP contribution in [0.25, 0.3) is 11.3 Å². The normalized spacial score (nSPS) is 10.3. The Kier molecular flexibility index (Phi) is 2.51. The number of nitrogens with zero attached hydrogens (tertiary/aromatic N) is 3. The minimum Gasteiger partial charge on any atom is -0.397 e. The predicted molar refractivity (Wildman–Crippen MR) is 59.4 cm³/mol. The van der Waals surface area contributed by atoms with Crippen LogP contribution in [0.3, 0.4) is 0 Å². The number of nitrogen functional groups attached to an aromatic ring is 1. The van der Waals surface area contributed by atoms with Crippen molar-refractivity contribution >= 4 is 17.3 Å². The van der Waals surface area contributed by atoms with Gasteiger partial charge in [-0.15, -0.1) is 0 Å². The molecule has 0 saturated carbocycles. The molecule has 0 radical (unpaired) electrons. The highest BCUT2D eigenvalue weighted by atomic mass is 35.5. The molecule has 0 bridgehead atoms. The summed E-state index contributed by atoms with van der Waals surface area (Å²) in [5.41, 5.74) is 8.63. The van der Waals surface area contributed by atoms with Crippen LogP contribution >= 0.6 is 11.6 Å². The molecule has 2 aromatic heterocycles. The van der Waals surface area contributed by atoms with Gasteiger partial charge in [-0.25, -0.2) is 0 Å². The van der Waals surface area contributed by atoms with E-state index in [4.69, 9.17) is 17.3 Å². The molecule has 0 aromatic carbocycles. The van der Waals surface area contributed by atoms with E-state index in [9.17, 15) is 0 Å². The fraction of sp³-hybridized carbons (Fsp3) is 0.100. The lowest BCUT2D eigenvalue weighted by atomic mass is 10.1. The van der Waals surface area contributed by atoms with Gasteiger partial charge in [-0.2, -0.15) is 10.2 Å². The van der Waals surface area contributed by atoms with Crippen molar-refractivity contribution in [3.63, 3.8) is 0 Å². The summed E-state index contributed by atoms with van der Waals surface area (Å²) >= 11 is 5.83. The molecule has 0 unspecified atom stereocenters. The van der Waals surface area contributed by atoms with Crippen molar-refractivity contribution in [2.24, 2.45) is 0 Å². The first-order valence-corrected chi connectivity index (χ1v) is 4.75. The monoisotopic (exact) mass is 220 g/mol. The molecule has 0 spiro atoms. The topological polar surface area (TPSA) is 64.7 Å². The average molecular weight is 221 g/mol. The summed E-state index contributed by atoms with van der Waals surface area (Å²) in [4.78, 5) is 4.15. The highest BCUT2D eigenvalue weighted by Gasteiger charge is 2.06. The molecule has 0 amide bonds. The fourth-order valence-electron chi connectivity index (χ4n) is 1.28. The second kappa shape index (κ2) is 3.82. The van der Waals surface area contributed by atoms with Gasteiger partial charge in [0.15, 0.2) is 0 Å². The van der Waals surface area contributed by atoms with Crippen molar-refractivity contribution in [1.82, 2.24) is 15.2 Å². The Hall–Kier alpha value is -1.68. The van der Waals surface area contributed by atoms with Crippen LogP contribution in [-0.4, -0.2) is 15.2 Å². The Morgan fingerprint density at radius 1 is 1.27 bits per heavy atom. The zero-order valence-corrected chi connectivity index (χ0v) is 8.86. The maximum atomic E-state index is 5.83. The van der Waals surface area contributed by atoms with Gasteiger partial charge in [0.1, 0.15) is 0 Å². The van der Waals surface area contributed by atoms with E-state index in [1.54, 1.807) is 12.3 Å². The maximum absolute atomic E-state index is 5.83. The highest BCUT2D eigenvalue weighted by Crippen LogP contribution is 2.23. The van der Waals surface area contributed by atoms with E-state index < -0.39 is 0 Å². The molecule has 15 heavy (non-hydrogen) atoms. The van der Waals surface area contributed by atoms with Crippen molar-refractivity contribution in [3.8, 4) is 11.3 Å². The van der Waals surface area contributed by atoms with Crippen molar-refractivity contribution in [2.45, 2.75) is 6.92 Å². The number of hydrogen-bond donors (Lipinski definition) is 1. The summed E-state index contributed by atoms with van der Waals surface area (Å²) in [5, 5.41) is 8.31. The number of anilines is 1. The van der Waals surface area contributed by atoms with Gasteiger partial charge < -0.3 is 5.73 Å². The van der Waals surface area contributed by atoms with Gasteiger partial charge in [-0.3, -0.25) is 4.98 Å². The Morgan fingerprint density at radius 3 is 2.80 bits per heavy atom. The lowest BCUT2D eigenvalue weighted by Gasteiger charge is -2.04. The standard InChI is InChI=1S/C10H9ClN4/c1-6-9(3-8(12)5-13-6)10-2-7(11)4-14-15-10/h2-5H,12H2,1H3. The molecule has 0 aliphatic heterocycles. The molecule has 0 fully saturated rings. The second-order valence-corrected chi connectivity index (χ2v) is 3.60. The molecule has 0 aliphatic rings. The Labute approximate surface area is 92.1 Å². The van der Waals surface area contributed by atoms with E-state index in [1.165, 1.54) is 6.20 Å². The quantitative estimate of drug-likeness (QED) is 0.799. The van der Waals surface area contributed by atoms with Crippen molar-refractivity contribution < 1.29 is 0 Å². The van der Waals surface area contributed by atoms with Gasteiger partial charge in [-0.1, -0.05) is 11.6 Å². The Balaban J connectivity index is 2.58. The van der Waals surface area contributed by atoms with Crippen LogP contribution in [0.2, 0.25) is 5.02 Å².